The number of benzene rings is 7. The molecule has 0 aliphatic heterocycles. The van der Waals surface area contributed by atoms with Crippen molar-refractivity contribution in [3.8, 4) is 45.3 Å². The highest BCUT2D eigenvalue weighted by molar-refractivity contribution is 6.18. The summed E-state index contributed by atoms with van der Waals surface area (Å²) in [5, 5.41) is 6.17. The van der Waals surface area contributed by atoms with Gasteiger partial charge >= 0.3 is 0 Å². The van der Waals surface area contributed by atoms with E-state index in [1.165, 1.54) is 0 Å². The maximum atomic E-state index is 6.61. The number of hydrogen-bond donors (Lipinski definition) is 0. The first-order chi connectivity index (χ1) is 23.8. The Morgan fingerprint density at radius 3 is 1.88 bits per heavy atom. The number of aromatic nitrogens is 3. The number of fused-ring (bicyclic) bond motifs is 7. The van der Waals surface area contributed by atoms with Crippen LogP contribution in [-0.2, 0) is 0 Å². The monoisotopic (exact) mass is 615 g/mol. The third-order valence-corrected chi connectivity index (χ3v) is 9.12. The molecule has 7 aromatic carbocycles. The first-order valence-electron chi connectivity index (χ1n) is 15.9. The summed E-state index contributed by atoms with van der Waals surface area (Å²) in [4.78, 5) is 15.7. The Balaban J connectivity index is 1.31. The quantitative estimate of drug-likeness (QED) is 0.197. The van der Waals surface area contributed by atoms with Crippen molar-refractivity contribution < 1.29 is 8.83 Å². The third-order valence-electron chi connectivity index (χ3n) is 9.12. The number of hydrogen-bond acceptors (Lipinski definition) is 5. The number of para-hydroxylation sites is 2. The Morgan fingerprint density at radius 1 is 0.375 bits per heavy atom. The van der Waals surface area contributed by atoms with Crippen LogP contribution in [0.3, 0.4) is 0 Å². The smallest absolute Gasteiger partial charge is 0.168 e. The van der Waals surface area contributed by atoms with Crippen LogP contribution in [0.25, 0.3) is 99.9 Å². The van der Waals surface area contributed by atoms with Gasteiger partial charge < -0.3 is 8.83 Å². The van der Waals surface area contributed by atoms with E-state index in [0.717, 1.165) is 82.5 Å². The Hall–Kier alpha value is -6.59. The number of nitrogens with zero attached hydrogens (tertiary/aromatic N) is 3. The second-order valence-corrected chi connectivity index (χ2v) is 12.0. The lowest BCUT2D eigenvalue weighted by Crippen LogP contribution is -2.01. The van der Waals surface area contributed by atoms with Crippen LogP contribution >= 0.6 is 0 Å². The minimum Gasteiger partial charge on any atom is -0.456 e. The maximum Gasteiger partial charge on any atom is 0.168 e. The van der Waals surface area contributed by atoms with Gasteiger partial charge in [0.2, 0.25) is 0 Å². The second-order valence-electron chi connectivity index (χ2n) is 12.0. The molecular formula is C43H25N3O2. The van der Waals surface area contributed by atoms with Crippen LogP contribution in [0, 0.1) is 0 Å². The van der Waals surface area contributed by atoms with Gasteiger partial charge in [0, 0.05) is 32.7 Å². The van der Waals surface area contributed by atoms with Gasteiger partial charge in [-0.05, 0) is 52.2 Å². The molecule has 0 aliphatic carbocycles. The number of rotatable bonds is 4. The Labute approximate surface area is 274 Å². The fourth-order valence-corrected chi connectivity index (χ4v) is 6.91. The zero-order chi connectivity index (χ0) is 31.6. The lowest BCUT2D eigenvalue weighted by atomic mass is 9.99. The summed E-state index contributed by atoms with van der Waals surface area (Å²) in [5.41, 5.74) is 8.01. The first-order valence-corrected chi connectivity index (χ1v) is 15.9. The van der Waals surface area contributed by atoms with Crippen molar-refractivity contribution in [3.63, 3.8) is 0 Å². The van der Waals surface area contributed by atoms with E-state index >= 15 is 0 Å². The fraction of sp³-hybridized carbons (Fsp3) is 0. The van der Waals surface area contributed by atoms with E-state index in [1.807, 2.05) is 60.7 Å². The molecule has 48 heavy (non-hydrogen) atoms. The average molecular weight is 616 g/mol. The molecule has 0 aliphatic rings. The lowest BCUT2D eigenvalue weighted by molar-refractivity contribution is 0.668. The fourth-order valence-electron chi connectivity index (χ4n) is 6.91. The molecule has 224 valence electrons. The van der Waals surface area contributed by atoms with E-state index in [2.05, 4.69) is 91.0 Å². The van der Waals surface area contributed by atoms with Gasteiger partial charge in [0.05, 0.1) is 5.56 Å². The predicted octanol–water partition coefficient (Wildman–Crippen LogP) is 11.5. The average Bonchev–Trinajstić information content (AvgIpc) is 3.72. The van der Waals surface area contributed by atoms with Gasteiger partial charge in [-0.3, -0.25) is 0 Å². The summed E-state index contributed by atoms with van der Waals surface area (Å²) < 4.78 is 12.9. The normalized spacial score (nSPS) is 11.8. The van der Waals surface area contributed by atoms with Crippen molar-refractivity contribution >= 4 is 54.6 Å². The van der Waals surface area contributed by atoms with Crippen LogP contribution in [0.1, 0.15) is 0 Å². The van der Waals surface area contributed by atoms with Crippen molar-refractivity contribution in [2.75, 3.05) is 0 Å². The molecule has 0 amide bonds. The summed E-state index contributed by atoms with van der Waals surface area (Å²) in [6.45, 7) is 0. The molecule has 3 aromatic heterocycles. The van der Waals surface area contributed by atoms with Gasteiger partial charge in [-0.1, -0.05) is 121 Å². The molecule has 0 bridgehead atoms. The Morgan fingerprint density at radius 2 is 1.00 bits per heavy atom. The molecule has 0 spiro atoms. The topological polar surface area (TPSA) is 65.0 Å². The standard InChI is InChI=1S/C43H25N3O2/c1-2-12-26(13-3-1)27-15-10-16-29(24-27)41-44-42(33-20-11-23-37-38(33)32-19-7-9-22-36(32)47-37)46-43(45-41)39-30-17-5-4-14-28(30)25-34-31-18-6-8-21-35(31)48-40(34)39/h1-25H. The number of furan rings is 2. The molecule has 10 rings (SSSR count). The summed E-state index contributed by atoms with van der Waals surface area (Å²) >= 11 is 0. The first kappa shape index (κ1) is 26.6. The van der Waals surface area contributed by atoms with Crippen molar-refractivity contribution in [1.82, 2.24) is 15.0 Å². The van der Waals surface area contributed by atoms with Crippen LogP contribution < -0.4 is 0 Å². The van der Waals surface area contributed by atoms with E-state index in [4.69, 9.17) is 23.8 Å². The van der Waals surface area contributed by atoms with Crippen LogP contribution in [0.15, 0.2) is 160 Å². The molecule has 0 fully saturated rings. The highest BCUT2D eigenvalue weighted by Crippen LogP contribution is 2.42. The van der Waals surface area contributed by atoms with E-state index in [1.54, 1.807) is 0 Å². The van der Waals surface area contributed by atoms with Crippen LogP contribution in [0.5, 0.6) is 0 Å². The van der Waals surface area contributed by atoms with Crippen LogP contribution in [-0.4, -0.2) is 15.0 Å². The minimum absolute atomic E-state index is 0.547. The summed E-state index contributed by atoms with van der Waals surface area (Å²) in [6, 6.07) is 51.6. The summed E-state index contributed by atoms with van der Waals surface area (Å²) in [5.74, 6) is 1.69. The zero-order valence-corrected chi connectivity index (χ0v) is 25.6. The SMILES string of the molecule is c1ccc(-c2cccc(-c3nc(-c4c5ccccc5cc5c4oc4ccccc45)nc(-c4cccc5oc6ccccc6c45)n3)c2)cc1. The zero-order valence-electron chi connectivity index (χ0n) is 25.6. The minimum atomic E-state index is 0.547. The van der Waals surface area contributed by atoms with Crippen molar-refractivity contribution in [2.45, 2.75) is 0 Å². The van der Waals surface area contributed by atoms with E-state index in [9.17, 15) is 0 Å². The predicted molar refractivity (Wildman–Crippen MR) is 194 cm³/mol. The van der Waals surface area contributed by atoms with Crippen LogP contribution in [0.2, 0.25) is 0 Å². The molecule has 5 nitrogen and oxygen atoms in total. The molecule has 5 heteroatoms. The second kappa shape index (κ2) is 10.5. The summed E-state index contributed by atoms with van der Waals surface area (Å²) in [6.07, 6.45) is 0. The Kier molecular flexibility index (Phi) is 5.81. The molecule has 0 saturated carbocycles. The van der Waals surface area contributed by atoms with Gasteiger partial charge in [-0.25, -0.2) is 15.0 Å². The molecule has 0 radical (unpaired) electrons. The molecule has 0 unspecified atom stereocenters. The highest BCUT2D eigenvalue weighted by Gasteiger charge is 2.22. The molecular weight excluding hydrogens is 590 g/mol. The van der Waals surface area contributed by atoms with Crippen molar-refractivity contribution in [1.29, 1.82) is 0 Å². The highest BCUT2D eigenvalue weighted by atomic mass is 16.3. The third kappa shape index (κ3) is 4.15. The van der Waals surface area contributed by atoms with Gasteiger partial charge in [0.25, 0.3) is 0 Å². The lowest BCUT2D eigenvalue weighted by Gasteiger charge is -2.12. The van der Waals surface area contributed by atoms with E-state index in [-0.39, 0.29) is 0 Å². The van der Waals surface area contributed by atoms with Crippen LogP contribution in [0.4, 0.5) is 0 Å². The van der Waals surface area contributed by atoms with Crippen molar-refractivity contribution in [3.05, 3.63) is 152 Å². The molecule has 0 atom stereocenters. The molecule has 0 N–H and O–H groups in total. The van der Waals surface area contributed by atoms with Gasteiger partial charge in [-0.2, -0.15) is 0 Å². The van der Waals surface area contributed by atoms with Gasteiger partial charge in [0.15, 0.2) is 17.5 Å². The molecule has 0 saturated heterocycles. The van der Waals surface area contributed by atoms with E-state index < -0.39 is 0 Å². The van der Waals surface area contributed by atoms with E-state index in [0.29, 0.717) is 17.5 Å². The Bertz CT molecular complexity index is 2850. The van der Waals surface area contributed by atoms with Gasteiger partial charge in [-0.15, -0.1) is 0 Å². The maximum absolute atomic E-state index is 6.61. The molecule has 3 heterocycles. The van der Waals surface area contributed by atoms with Crippen molar-refractivity contribution in [2.24, 2.45) is 0 Å². The van der Waals surface area contributed by atoms with Gasteiger partial charge in [0.1, 0.15) is 22.3 Å². The summed E-state index contributed by atoms with van der Waals surface area (Å²) in [7, 11) is 0. The largest absolute Gasteiger partial charge is 0.456 e. The molecule has 10 aromatic rings.